The molecule has 0 spiro atoms. The molecule has 0 heterocycles. The summed E-state index contributed by atoms with van der Waals surface area (Å²) in [4.78, 5) is 1.30. The van der Waals surface area contributed by atoms with Crippen LogP contribution in [0.5, 0.6) is 0 Å². The summed E-state index contributed by atoms with van der Waals surface area (Å²) in [7, 11) is 0. The lowest BCUT2D eigenvalue weighted by Gasteiger charge is -2.09. The van der Waals surface area contributed by atoms with Crippen molar-refractivity contribution in [3.63, 3.8) is 0 Å². The molecule has 1 aromatic rings. The maximum atomic E-state index is 8.48. The molecule has 0 saturated carbocycles. The Kier molecular flexibility index (Phi) is 5.91. The molecule has 2 nitrogen and oxygen atoms in total. The third kappa shape index (κ3) is 5.46. The van der Waals surface area contributed by atoms with Gasteiger partial charge in [0.15, 0.2) is 0 Å². The van der Waals surface area contributed by atoms with Gasteiger partial charge in [-0.15, -0.1) is 11.8 Å². The zero-order valence-corrected chi connectivity index (χ0v) is 9.76. The molecule has 0 amide bonds. The quantitative estimate of drug-likeness (QED) is 0.591. The Labute approximate surface area is 95.7 Å². The fourth-order valence-corrected chi connectivity index (χ4v) is 2.01. The molecule has 0 bridgehead atoms. The van der Waals surface area contributed by atoms with Gasteiger partial charge in [-0.3, -0.25) is 0 Å². The smallest absolute Gasteiger partial charge is 0.0638 e. The molecule has 0 saturated heterocycles. The molecule has 0 aliphatic carbocycles. The third-order valence-electron chi connectivity index (χ3n) is 2.00. The van der Waals surface area contributed by atoms with Crippen molar-refractivity contribution in [3.8, 4) is 6.07 Å². The largest absolute Gasteiger partial charge is 0.312 e. The van der Waals surface area contributed by atoms with E-state index in [1.165, 1.54) is 4.90 Å². The van der Waals surface area contributed by atoms with Crippen molar-refractivity contribution in [2.75, 3.05) is 12.3 Å². The molecule has 3 heteroatoms. The molecule has 0 fully saturated rings. The van der Waals surface area contributed by atoms with Crippen LogP contribution in [0, 0.1) is 11.3 Å². The lowest BCUT2D eigenvalue weighted by Crippen LogP contribution is -2.27. The van der Waals surface area contributed by atoms with Crippen molar-refractivity contribution in [2.45, 2.75) is 24.3 Å². The molecule has 1 unspecified atom stereocenters. The highest BCUT2D eigenvalue weighted by atomic mass is 32.2. The van der Waals surface area contributed by atoms with E-state index in [1.807, 2.05) is 36.9 Å². The summed E-state index contributed by atoms with van der Waals surface area (Å²) in [5, 5.41) is 11.8. The van der Waals surface area contributed by atoms with Crippen LogP contribution in [0.25, 0.3) is 0 Å². The second-order valence-electron chi connectivity index (χ2n) is 3.38. The molecule has 1 aromatic carbocycles. The van der Waals surface area contributed by atoms with Gasteiger partial charge < -0.3 is 5.32 Å². The Bertz CT molecular complexity index is 305. The van der Waals surface area contributed by atoms with Crippen molar-refractivity contribution < 1.29 is 0 Å². The minimum atomic E-state index is 0.298. The first kappa shape index (κ1) is 12.1. The monoisotopic (exact) mass is 220 g/mol. The number of benzene rings is 1. The molecular formula is C12H16N2S. The van der Waals surface area contributed by atoms with Crippen LogP contribution in [-0.2, 0) is 0 Å². The molecule has 0 radical (unpaired) electrons. The first-order valence-corrected chi connectivity index (χ1v) is 6.09. The van der Waals surface area contributed by atoms with Crippen LogP contribution in [0.3, 0.4) is 0 Å². The van der Waals surface area contributed by atoms with E-state index < -0.39 is 0 Å². The summed E-state index contributed by atoms with van der Waals surface area (Å²) in [5.41, 5.74) is 0. The second kappa shape index (κ2) is 7.33. The number of hydrogen-bond donors (Lipinski definition) is 1. The number of thioether (sulfide) groups is 1. The van der Waals surface area contributed by atoms with Crippen LogP contribution in [-0.4, -0.2) is 18.3 Å². The first-order chi connectivity index (χ1) is 7.33. The Hall–Kier alpha value is -0.980. The van der Waals surface area contributed by atoms with Gasteiger partial charge in [-0.25, -0.2) is 0 Å². The SMILES string of the molecule is CC(CC#N)NCCSc1ccccc1. The predicted octanol–water partition coefficient (Wildman–Crippen LogP) is 2.67. The number of nitrogens with zero attached hydrogens (tertiary/aromatic N) is 1. The lowest BCUT2D eigenvalue weighted by molar-refractivity contribution is 0.581. The number of rotatable bonds is 6. The zero-order valence-electron chi connectivity index (χ0n) is 8.94. The van der Waals surface area contributed by atoms with E-state index in [4.69, 9.17) is 5.26 Å². The summed E-state index contributed by atoms with van der Waals surface area (Å²) in [6, 6.07) is 12.8. The Morgan fingerprint density at radius 1 is 1.40 bits per heavy atom. The van der Waals surface area contributed by atoms with E-state index in [2.05, 4.69) is 23.5 Å². The fourth-order valence-electron chi connectivity index (χ4n) is 1.20. The van der Waals surface area contributed by atoms with Crippen LogP contribution in [0.15, 0.2) is 35.2 Å². The van der Waals surface area contributed by atoms with E-state index in [0.717, 1.165) is 12.3 Å². The number of nitriles is 1. The lowest BCUT2D eigenvalue weighted by atomic mass is 10.2. The maximum Gasteiger partial charge on any atom is 0.0638 e. The van der Waals surface area contributed by atoms with E-state index >= 15 is 0 Å². The summed E-state index contributed by atoms with van der Waals surface area (Å²) in [6.45, 7) is 2.98. The van der Waals surface area contributed by atoms with Gasteiger partial charge in [0.2, 0.25) is 0 Å². The van der Waals surface area contributed by atoms with Crippen molar-refractivity contribution in [2.24, 2.45) is 0 Å². The highest BCUT2D eigenvalue weighted by molar-refractivity contribution is 7.99. The van der Waals surface area contributed by atoms with Crippen LogP contribution < -0.4 is 5.32 Å². The van der Waals surface area contributed by atoms with Crippen LogP contribution in [0.2, 0.25) is 0 Å². The number of nitrogens with one attached hydrogen (secondary N) is 1. The van der Waals surface area contributed by atoms with Crippen LogP contribution >= 0.6 is 11.8 Å². The summed E-state index contributed by atoms with van der Waals surface area (Å²) in [5.74, 6) is 1.04. The summed E-state index contributed by atoms with van der Waals surface area (Å²) in [6.07, 6.45) is 0.579. The highest BCUT2D eigenvalue weighted by Crippen LogP contribution is 2.15. The van der Waals surface area contributed by atoms with E-state index in [-0.39, 0.29) is 0 Å². The van der Waals surface area contributed by atoms with Crippen molar-refractivity contribution in [3.05, 3.63) is 30.3 Å². The summed E-state index contributed by atoms with van der Waals surface area (Å²) >= 11 is 1.84. The molecule has 0 aliphatic rings. The Morgan fingerprint density at radius 2 is 2.13 bits per heavy atom. The van der Waals surface area contributed by atoms with Gasteiger partial charge in [-0.2, -0.15) is 5.26 Å². The Balaban J connectivity index is 2.10. The standard InChI is InChI=1S/C12H16N2S/c1-11(7-8-13)14-9-10-15-12-5-3-2-4-6-12/h2-6,11,14H,7,9-10H2,1H3. The molecule has 0 aliphatic heterocycles. The highest BCUT2D eigenvalue weighted by Gasteiger charge is 1.98. The van der Waals surface area contributed by atoms with Gasteiger partial charge in [-0.05, 0) is 19.1 Å². The normalized spacial score (nSPS) is 12.0. The van der Waals surface area contributed by atoms with Crippen molar-refractivity contribution in [1.82, 2.24) is 5.32 Å². The maximum absolute atomic E-state index is 8.48. The fraction of sp³-hybridized carbons (Fsp3) is 0.417. The van der Waals surface area contributed by atoms with Gasteiger partial charge >= 0.3 is 0 Å². The van der Waals surface area contributed by atoms with E-state index in [1.54, 1.807) is 0 Å². The minimum absolute atomic E-state index is 0.298. The van der Waals surface area contributed by atoms with Gasteiger partial charge in [0.05, 0.1) is 12.5 Å². The average molecular weight is 220 g/mol. The predicted molar refractivity (Wildman–Crippen MR) is 64.9 cm³/mol. The number of hydrogen-bond acceptors (Lipinski definition) is 3. The molecule has 80 valence electrons. The topological polar surface area (TPSA) is 35.8 Å². The van der Waals surface area contributed by atoms with Gasteiger partial charge in [0.1, 0.15) is 0 Å². The molecule has 1 atom stereocenters. The molecule has 15 heavy (non-hydrogen) atoms. The Morgan fingerprint density at radius 3 is 2.80 bits per heavy atom. The van der Waals surface area contributed by atoms with E-state index in [9.17, 15) is 0 Å². The minimum Gasteiger partial charge on any atom is -0.312 e. The van der Waals surface area contributed by atoms with Crippen LogP contribution in [0.1, 0.15) is 13.3 Å². The van der Waals surface area contributed by atoms with Crippen molar-refractivity contribution >= 4 is 11.8 Å². The van der Waals surface area contributed by atoms with Crippen molar-refractivity contribution in [1.29, 1.82) is 5.26 Å². The van der Waals surface area contributed by atoms with Crippen LogP contribution in [0.4, 0.5) is 0 Å². The van der Waals surface area contributed by atoms with Gasteiger partial charge in [-0.1, -0.05) is 18.2 Å². The van der Waals surface area contributed by atoms with Gasteiger partial charge in [0, 0.05) is 23.2 Å². The average Bonchev–Trinajstić information content (AvgIpc) is 2.26. The third-order valence-corrected chi connectivity index (χ3v) is 3.02. The van der Waals surface area contributed by atoms with E-state index in [0.29, 0.717) is 12.5 Å². The molecule has 1 N–H and O–H groups in total. The molecule has 1 rings (SSSR count). The zero-order chi connectivity index (χ0) is 10.9. The second-order valence-corrected chi connectivity index (χ2v) is 4.55. The molecule has 0 aromatic heterocycles. The first-order valence-electron chi connectivity index (χ1n) is 5.11. The summed E-state index contributed by atoms with van der Waals surface area (Å²) < 4.78 is 0. The van der Waals surface area contributed by atoms with Gasteiger partial charge in [0.25, 0.3) is 0 Å². The molecular weight excluding hydrogens is 204 g/mol.